The fourth-order valence-corrected chi connectivity index (χ4v) is 2.88. The molecule has 1 fully saturated rings. The molecule has 118 valence electrons. The van der Waals surface area contributed by atoms with Crippen LogP contribution < -0.4 is 10.6 Å². The molecule has 5 heteroatoms. The van der Waals surface area contributed by atoms with Gasteiger partial charge >= 0.3 is 6.03 Å². The minimum absolute atomic E-state index is 0.0980. The first-order valence-corrected chi connectivity index (χ1v) is 7.57. The molecular weight excluding hydrogens is 268 g/mol. The van der Waals surface area contributed by atoms with Crippen molar-refractivity contribution in [2.24, 2.45) is 11.3 Å². The number of ether oxygens (including phenoxy) is 1. The second-order valence-corrected chi connectivity index (χ2v) is 6.80. The largest absolute Gasteiger partial charge is 0.467 e. The van der Waals surface area contributed by atoms with E-state index in [-0.39, 0.29) is 23.6 Å². The normalized spacial score (nSPS) is 23.8. The van der Waals surface area contributed by atoms with Gasteiger partial charge in [0.25, 0.3) is 0 Å². The van der Waals surface area contributed by atoms with E-state index in [2.05, 4.69) is 31.4 Å². The minimum atomic E-state index is -0.168. The van der Waals surface area contributed by atoms with Crippen molar-refractivity contribution in [2.45, 2.75) is 46.3 Å². The van der Waals surface area contributed by atoms with Gasteiger partial charge in [-0.15, -0.1) is 0 Å². The van der Waals surface area contributed by atoms with E-state index < -0.39 is 0 Å². The number of carbonyl (C=O) groups excluding carboxylic acids is 1. The molecule has 3 atom stereocenters. The van der Waals surface area contributed by atoms with Gasteiger partial charge in [-0.05, 0) is 30.9 Å². The van der Waals surface area contributed by atoms with Crippen molar-refractivity contribution < 1.29 is 13.9 Å². The van der Waals surface area contributed by atoms with Crippen LogP contribution in [0, 0.1) is 11.3 Å². The number of nitrogens with one attached hydrogen (secondary N) is 2. The van der Waals surface area contributed by atoms with E-state index in [9.17, 15) is 4.79 Å². The van der Waals surface area contributed by atoms with Crippen molar-refractivity contribution in [1.29, 1.82) is 0 Å². The van der Waals surface area contributed by atoms with Gasteiger partial charge in [0, 0.05) is 19.1 Å². The predicted molar refractivity (Wildman–Crippen MR) is 81.0 cm³/mol. The van der Waals surface area contributed by atoms with Crippen LogP contribution in [0.4, 0.5) is 4.79 Å². The molecule has 0 radical (unpaired) electrons. The maximum Gasteiger partial charge on any atom is 0.315 e. The standard InChI is InChI=1S/C16H26N2O3/c1-11(13-6-5-8-20-13)18-15(19)17-10-12-7-9-21-14(12)16(2,3)4/h5-6,8,11-12,14H,7,9-10H2,1-4H3,(H2,17,18,19)/t11-,12-,14+/m1/s1. The van der Waals surface area contributed by atoms with Crippen LogP contribution in [0.3, 0.4) is 0 Å². The highest BCUT2D eigenvalue weighted by molar-refractivity contribution is 5.74. The summed E-state index contributed by atoms with van der Waals surface area (Å²) >= 11 is 0. The van der Waals surface area contributed by atoms with Gasteiger partial charge in [-0.2, -0.15) is 0 Å². The molecule has 1 aliphatic heterocycles. The topological polar surface area (TPSA) is 63.5 Å². The monoisotopic (exact) mass is 294 g/mol. The Balaban J connectivity index is 1.79. The summed E-state index contributed by atoms with van der Waals surface area (Å²) in [5, 5.41) is 5.82. The lowest BCUT2D eigenvalue weighted by molar-refractivity contribution is 0.00773. The van der Waals surface area contributed by atoms with Gasteiger partial charge in [0.1, 0.15) is 5.76 Å². The fourth-order valence-electron chi connectivity index (χ4n) is 2.88. The van der Waals surface area contributed by atoms with E-state index in [0.717, 1.165) is 18.8 Å². The summed E-state index contributed by atoms with van der Waals surface area (Å²) in [6.45, 7) is 9.84. The summed E-state index contributed by atoms with van der Waals surface area (Å²) in [7, 11) is 0. The van der Waals surface area contributed by atoms with Crippen molar-refractivity contribution in [2.75, 3.05) is 13.2 Å². The van der Waals surface area contributed by atoms with E-state index in [0.29, 0.717) is 12.5 Å². The molecule has 0 aromatic carbocycles. The third-order valence-electron chi connectivity index (χ3n) is 3.91. The molecule has 0 bridgehead atoms. The highest BCUT2D eigenvalue weighted by Crippen LogP contribution is 2.34. The van der Waals surface area contributed by atoms with E-state index >= 15 is 0 Å². The molecule has 1 aliphatic rings. The van der Waals surface area contributed by atoms with Crippen LogP contribution in [0.5, 0.6) is 0 Å². The summed E-state index contributed by atoms with van der Waals surface area (Å²) in [4.78, 5) is 12.0. The third-order valence-corrected chi connectivity index (χ3v) is 3.91. The van der Waals surface area contributed by atoms with Crippen LogP contribution >= 0.6 is 0 Å². The van der Waals surface area contributed by atoms with E-state index in [1.54, 1.807) is 6.26 Å². The Labute approximate surface area is 126 Å². The minimum Gasteiger partial charge on any atom is -0.467 e. The van der Waals surface area contributed by atoms with Gasteiger partial charge in [0.2, 0.25) is 0 Å². The first kappa shape index (κ1) is 15.9. The van der Waals surface area contributed by atoms with Crippen LogP contribution in [0.1, 0.15) is 45.9 Å². The molecule has 0 aliphatic carbocycles. The summed E-state index contributed by atoms with van der Waals surface area (Å²) in [5.41, 5.74) is 0.0980. The first-order chi connectivity index (χ1) is 9.88. The average molecular weight is 294 g/mol. The van der Waals surface area contributed by atoms with Crippen molar-refractivity contribution in [3.05, 3.63) is 24.2 Å². The molecule has 0 unspecified atom stereocenters. The molecule has 2 N–H and O–H groups in total. The first-order valence-electron chi connectivity index (χ1n) is 7.57. The second kappa shape index (κ2) is 6.52. The number of carbonyl (C=O) groups is 1. The number of hydrogen-bond donors (Lipinski definition) is 2. The molecule has 0 saturated carbocycles. The van der Waals surface area contributed by atoms with E-state index in [1.165, 1.54) is 0 Å². The zero-order valence-corrected chi connectivity index (χ0v) is 13.3. The molecule has 21 heavy (non-hydrogen) atoms. The van der Waals surface area contributed by atoms with Gasteiger partial charge in [-0.1, -0.05) is 20.8 Å². The van der Waals surface area contributed by atoms with Gasteiger partial charge in [0.05, 0.1) is 18.4 Å². The van der Waals surface area contributed by atoms with Gasteiger partial charge in [0.15, 0.2) is 0 Å². The van der Waals surface area contributed by atoms with Crippen molar-refractivity contribution in [1.82, 2.24) is 10.6 Å². The lowest BCUT2D eigenvalue weighted by Crippen LogP contribution is -2.43. The van der Waals surface area contributed by atoms with Crippen molar-refractivity contribution in [3.63, 3.8) is 0 Å². The fraction of sp³-hybridized carbons (Fsp3) is 0.688. The average Bonchev–Trinajstić information content (AvgIpc) is 3.06. The lowest BCUT2D eigenvalue weighted by Gasteiger charge is -2.31. The van der Waals surface area contributed by atoms with Crippen LogP contribution in [0.25, 0.3) is 0 Å². The Bertz CT molecular complexity index is 451. The molecule has 1 aromatic rings. The number of amides is 2. The number of furan rings is 1. The van der Waals surface area contributed by atoms with E-state index in [1.807, 2.05) is 19.1 Å². The van der Waals surface area contributed by atoms with Crippen LogP contribution in [0.15, 0.2) is 22.8 Å². The highest BCUT2D eigenvalue weighted by atomic mass is 16.5. The Morgan fingerprint density at radius 1 is 1.48 bits per heavy atom. The molecule has 5 nitrogen and oxygen atoms in total. The Kier molecular flexibility index (Phi) is 4.93. The second-order valence-electron chi connectivity index (χ2n) is 6.80. The quantitative estimate of drug-likeness (QED) is 0.897. The Hall–Kier alpha value is -1.49. The lowest BCUT2D eigenvalue weighted by atomic mass is 9.81. The Morgan fingerprint density at radius 3 is 2.86 bits per heavy atom. The summed E-state index contributed by atoms with van der Waals surface area (Å²) in [6.07, 6.45) is 2.80. The maximum atomic E-state index is 12.0. The molecule has 1 saturated heterocycles. The molecule has 2 rings (SSSR count). The Morgan fingerprint density at radius 2 is 2.24 bits per heavy atom. The van der Waals surface area contributed by atoms with Crippen LogP contribution in [-0.2, 0) is 4.74 Å². The third kappa shape index (κ3) is 4.24. The summed E-state index contributed by atoms with van der Waals surface area (Å²) in [6, 6.07) is 3.36. The predicted octanol–water partition coefficient (Wildman–Crippen LogP) is 3.09. The summed E-state index contributed by atoms with van der Waals surface area (Å²) < 4.78 is 11.1. The van der Waals surface area contributed by atoms with Crippen LogP contribution in [-0.4, -0.2) is 25.3 Å². The number of urea groups is 1. The highest BCUT2D eigenvalue weighted by Gasteiger charge is 2.37. The maximum absolute atomic E-state index is 12.0. The molecule has 1 aromatic heterocycles. The number of hydrogen-bond acceptors (Lipinski definition) is 3. The van der Waals surface area contributed by atoms with Gasteiger partial charge in [-0.25, -0.2) is 4.79 Å². The van der Waals surface area contributed by atoms with E-state index in [4.69, 9.17) is 9.15 Å². The van der Waals surface area contributed by atoms with Gasteiger partial charge < -0.3 is 19.8 Å². The van der Waals surface area contributed by atoms with Gasteiger partial charge in [-0.3, -0.25) is 0 Å². The summed E-state index contributed by atoms with van der Waals surface area (Å²) in [5.74, 6) is 1.12. The smallest absolute Gasteiger partial charge is 0.315 e. The molecule has 0 spiro atoms. The molecular formula is C16H26N2O3. The molecule has 2 amide bonds. The SMILES string of the molecule is C[C@@H](NC(=O)NC[C@H]1CCO[C@@H]1C(C)(C)C)c1ccco1. The van der Waals surface area contributed by atoms with Crippen molar-refractivity contribution in [3.8, 4) is 0 Å². The number of rotatable bonds is 4. The molecule has 2 heterocycles. The van der Waals surface area contributed by atoms with Crippen molar-refractivity contribution >= 4 is 6.03 Å². The zero-order valence-electron chi connectivity index (χ0n) is 13.3. The van der Waals surface area contributed by atoms with Crippen LogP contribution in [0.2, 0.25) is 0 Å². The zero-order chi connectivity index (χ0) is 15.5.